The number of sulfone groups is 2. The van der Waals surface area contributed by atoms with Crippen molar-refractivity contribution in [3.63, 3.8) is 0 Å². The zero-order valence-electron chi connectivity index (χ0n) is 23.8. The van der Waals surface area contributed by atoms with Gasteiger partial charge in [-0.05, 0) is 106 Å². The summed E-state index contributed by atoms with van der Waals surface area (Å²) in [5, 5.41) is 0. The van der Waals surface area contributed by atoms with Crippen molar-refractivity contribution in [3.05, 3.63) is 66.0 Å². The molecule has 13 heteroatoms. The van der Waals surface area contributed by atoms with Crippen molar-refractivity contribution < 1.29 is 47.9 Å². The summed E-state index contributed by atoms with van der Waals surface area (Å²) in [7, 11) is -8.08. The van der Waals surface area contributed by atoms with E-state index in [1.54, 1.807) is 6.92 Å². The van der Waals surface area contributed by atoms with E-state index in [2.05, 4.69) is 4.74 Å². The first-order valence-corrected chi connectivity index (χ1v) is 16.4. The van der Waals surface area contributed by atoms with Crippen LogP contribution in [0.2, 0.25) is 0 Å². The lowest BCUT2D eigenvalue weighted by molar-refractivity contribution is -0.274. The van der Waals surface area contributed by atoms with Crippen LogP contribution in [-0.4, -0.2) is 33.7 Å². The first-order valence-electron chi connectivity index (χ1n) is 13.3. The van der Waals surface area contributed by atoms with Gasteiger partial charge in [-0.15, -0.1) is 13.2 Å². The summed E-state index contributed by atoms with van der Waals surface area (Å²) in [5.41, 5.74) is -0.771. The minimum absolute atomic E-state index is 0.0284. The van der Waals surface area contributed by atoms with Gasteiger partial charge in [-0.25, -0.2) is 21.2 Å². The quantitative estimate of drug-likeness (QED) is 0.186. The Morgan fingerprint density at radius 2 is 1.50 bits per heavy atom. The highest BCUT2D eigenvalue weighted by molar-refractivity contribution is 7.92. The molecule has 2 atom stereocenters. The third-order valence-corrected chi connectivity index (χ3v) is 12.9. The number of hydrogen-bond acceptors (Lipinski definition) is 5. The van der Waals surface area contributed by atoms with Gasteiger partial charge >= 0.3 is 6.36 Å². The molecule has 42 heavy (non-hydrogen) atoms. The fourth-order valence-electron chi connectivity index (χ4n) is 5.31. The van der Waals surface area contributed by atoms with Gasteiger partial charge in [0.1, 0.15) is 11.6 Å². The van der Waals surface area contributed by atoms with Crippen LogP contribution in [0.15, 0.2) is 64.4 Å². The number of hydrogen-bond donors (Lipinski definition) is 0. The van der Waals surface area contributed by atoms with E-state index in [0.29, 0.717) is 25.0 Å². The SMILES string of the molecule is CC=CC(F)(F)c1cc(F)cc(S(=O)(=O)C(C)(C)C2CC(C(C)C(C)CS(=O)(=O)c3ccc(OC(F)(F)F)cc3)C2)c1. The molecule has 3 rings (SSSR count). The topological polar surface area (TPSA) is 77.5 Å². The van der Waals surface area contributed by atoms with E-state index in [1.165, 1.54) is 20.8 Å². The van der Waals surface area contributed by atoms with E-state index in [0.717, 1.165) is 42.5 Å². The molecule has 2 aromatic carbocycles. The van der Waals surface area contributed by atoms with Crippen molar-refractivity contribution in [3.8, 4) is 5.75 Å². The Hall–Kier alpha value is -2.54. The summed E-state index contributed by atoms with van der Waals surface area (Å²) >= 11 is 0. The van der Waals surface area contributed by atoms with E-state index in [4.69, 9.17) is 0 Å². The molecule has 0 aliphatic heterocycles. The maximum atomic E-state index is 14.4. The highest BCUT2D eigenvalue weighted by atomic mass is 32.2. The zero-order chi connectivity index (χ0) is 31.9. The molecule has 1 aliphatic rings. The molecule has 1 fully saturated rings. The third-order valence-electron chi connectivity index (χ3n) is 8.33. The molecule has 0 heterocycles. The van der Waals surface area contributed by atoms with E-state index in [1.807, 2.05) is 6.92 Å². The molecule has 5 nitrogen and oxygen atoms in total. The van der Waals surface area contributed by atoms with Crippen molar-refractivity contribution in [2.75, 3.05) is 5.75 Å². The van der Waals surface area contributed by atoms with Crippen LogP contribution in [0.25, 0.3) is 0 Å². The molecule has 2 unspecified atom stereocenters. The normalized spacial score (nSPS) is 20.3. The second-order valence-electron chi connectivity index (χ2n) is 11.5. The summed E-state index contributed by atoms with van der Waals surface area (Å²) in [4.78, 5) is -0.682. The average Bonchev–Trinajstić information content (AvgIpc) is 2.81. The molecule has 234 valence electrons. The summed E-state index contributed by atoms with van der Waals surface area (Å²) < 4.78 is 136. The Morgan fingerprint density at radius 3 is 2.02 bits per heavy atom. The molecule has 0 aromatic heterocycles. The van der Waals surface area contributed by atoms with Crippen LogP contribution >= 0.6 is 0 Å². The minimum Gasteiger partial charge on any atom is -0.406 e. The molecule has 0 radical (unpaired) electrons. The Bertz CT molecular complexity index is 1510. The van der Waals surface area contributed by atoms with Crippen molar-refractivity contribution >= 4 is 19.7 Å². The van der Waals surface area contributed by atoms with Crippen LogP contribution in [0, 0.1) is 29.5 Å². The monoisotopic (exact) mass is 640 g/mol. The Morgan fingerprint density at radius 1 is 0.929 bits per heavy atom. The summed E-state index contributed by atoms with van der Waals surface area (Å²) in [6.45, 7) is 7.90. The van der Waals surface area contributed by atoms with Gasteiger partial charge in [-0.3, -0.25) is 0 Å². The van der Waals surface area contributed by atoms with Gasteiger partial charge in [0.05, 0.1) is 20.3 Å². The smallest absolute Gasteiger partial charge is 0.406 e. The van der Waals surface area contributed by atoms with Crippen molar-refractivity contribution in [2.24, 2.45) is 23.7 Å². The lowest BCUT2D eigenvalue weighted by Gasteiger charge is -2.48. The summed E-state index contributed by atoms with van der Waals surface area (Å²) in [5.74, 6) is -6.40. The average molecular weight is 641 g/mol. The number of rotatable bonds is 11. The molecular formula is C29H34F6O5S2. The number of alkyl halides is 5. The van der Waals surface area contributed by atoms with Crippen LogP contribution in [0.5, 0.6) is 5.75 Å². The van der Waals surface area contributed by atoms with Gasteiger partial charge < -0.3 is 4.74 Å². The summed E-state index contributed by atoms with van der Waals surface area (Å²) in [6, 6.07) is 6.09. The van der Waals surface area contributed by atoms with Crippen molar-refractivity contribution in [2.45, 2.75) is 74.3 Å². The van der Waals surface area contributed by atoms with E-state index < -0.39 is 58.7 Å². The fourth-order valence-corrected chi connectivity index (χ4v) is 8.83. The second-order valence-corrected chi connectivity index (χ2v) is 16.0. The lowest BCUT2D eigenvalue weighted by atomic mass is 9.62. The minimum atomic E-state index is -4.90. The first kappa shape index (κ1) is 34.0. The Balaban J connectivity index is 1.69. The maximum Gasteiger partial charge on any atom is 0.573 e. The largest absolute Gasteiger partial charge is 0.573 e. The Kier molecular flexibility index (Phi) is 9.59. The van der Waals surface area contributed by atoms with Crippen LogP contribution in [0.3, 0.4) is 0 Å². The molecule has 0 saturated heterocycles. The summed E-state index contributed by atoms with van der Waals surface area (Å²) in [6.07, 6.45) is -2.40. The second kappa shape index (κ2) is 11.9. The maximum absolute atomic E-state index is 14.4. The fraction of sp³-hybridized carbons (Fsp3) is 0.517. The van der Waals surface area contributed by atoms with Gasteiger partial charge in [-0.2, -0.15) is 8.78 Å². The van der Waals surface area contributed by atoms with Crippen molar-refractivity contribution in [1.82, 2.24) is 0 Å². The molecule has 0 amide bonds. The van der Waals surface area contributed by atoms with Crippen LogP contribution in [0.1, 0.15) is 53.0 Å². The van der Waals surface area contributed by atoms with Crippen molar-refractivity contribution in [1.29, 1.82) is 0 Å². The van der Waals surface area contributed by atoms with Gasteiger partial charge in [0, 0.05) is 5.56 Å². The molecular weight excluding hydrogens is 606 g/mol. The zero-order valence-corrected chi connectivity index (χ0v) is 25.4. The highest BCUT2D eigenvalue weighted by Crippen LogP contribution is 2.50. The first-order chi connectivity index (χ1) is 19.1. The third kappa shape index (κ3) is 7.32. The predicted molar refractivity (Wildman–Crippen MR) is 146 cm³/mol. The van der Waals surface area contributed by atoms with E-state index in [9.17, 15) is 43.2 Å². The predicted octanol–water partition coefficient (Wildman–Crippen LogP) is 7.72. The molecule has 2 aromatic rings. The Labute approximate surface area is 242 Å². The molecule has 0 bridgehead atoms. The number of benzene rings is 2. The van der Waals surface area contributed by atoms with E-state index in [-0.39, 0.29) is 34.3 Å². The van der Waals surface area contributed by atoms with Gasteiger partial charge in [0.2, 0.25) is 0 Å². The number of halogens is 6. The van der Waals surface area contributed by atoms with Crippen LogP contribution in [-0.2, 0) is 25.6 Å². The molecule has 0 N–H and O–H groups in total. The number of allylic oxidation sites excluding steroid dienone is 2. The van der Waals surface area contributed by atoms with E-state index >= 15 is 0 Å². The molecule has 1 aliphatic carbocycles. The van der Waals surface area contributed by atoms with Crippen LogP contribution < -0.4 is 4.74 Å². The van der Waals surface area contributed by atoms with Gasteiger partial charge in [0.25, 0.3) is 5.92 Å². The standard InChI is InChI=1S/C29H34F6O5S2/c1-6-11-28(31,32)22-14-23(30)16-26(15-22)42(38,39)27(4,5)21-12-20(13-21)19(3)18(2)17-41(36,37)25-9-7-24(8-10-25)40-29(33,34)35/h6-11,14-16,18-21H,12-13,17H2,1-5H3. The lowest BCUT2D eigenvalue weighted by Crippen LogP contribution is -2.48. The van der Waals surface area contributed by atoms with Crippen LogP contribution in [0.4, 0.5) is 26.3 Å². The van der Waals surface area contributed by atoms with Gasteiger partial charge in [-0.1, -0.05) is 19.9 Å². The number of ether oxygens (including phenoxy) is 1. The molecule has 1 saturated carbocycles. The highest BCUT2D eigenvalue weighted by Gasteiger charge is 2.50. The van der Waals surface area contributed by atoms with Gasteiger partial charge in [0.15, 0.2) is 19.7 Å². The molecule has 0 spiro atoms.